The number of hydrogen-bond acceptors (Lipinski definition) is 1. The number of aromatic nitrogens is 2. The minimum atomic E-state index is -4.51. The number of halogens is 7. The highest BCUT2D eigenvalue weighted by atomic mass is 79.9. The number of pyridine rings is 1. The molecule has 0 fully saturated rings. The monoisotopic (exact) mass is 408 g/mol. The third kappa shape index (κ3) is 3.00. The van der Waals surface area contributed by atoms with Crippen LogP contribution in [0.2, 0.25) is 0 Å². The molecule has 0 aliphatic carbocycles. The molecule has 0 aliphatic heterocycles. The van der Waals surface area contributed by atoms with Crippen LogP contribution < -0.4 is 0 Å². The van der Waals surface area contributed by atoms with Crippen molar-refractivity contribution < 1.29 is 26.3 Å². The number of imidazole rings is 1. The lowest BCUT2D eigenvalue weighted by Gasteiger charge is -2.08. The first-order valence-corrected chi connectivity index (χ1v) is 7.29. The van der Waals surface area contributed by atoms with E-state index in [-0.39, 0.29) is 10.4 Å². The van der Waals surface area contributed by atoms with E-state index in [1.807, 2.05) is 0 Å². The fraction of sp³-hybridized carbons (Fsp3) is 0.133. The third-order valence-electron chi connectivity index (χ3n) is 3.41. The van der Waals surface area contributed by atoms with E-state index in [2.05, 4.69) is 20.9 Å². The normalized spacial score (nSPS) is 12.8. The minimum absolute atomic E-state index is 0.124. The fourth-order valence-corrected chi connectivity index (χ4v) is 2.72. The van der Waals surface area contributed by atoms with Gasteiger partial charge in [0.2, 0.25) is 0 Å². The summed E-state index contributed by atoms with van der Waals surface area (Å²) in [6.45, 7) is 0. The van der Waals surface area contributed by atoms with E-state index in [1.54, 1.807) is 0 Å². The predicted octanol–water partition coefficient (Wildman–Crippen LogP) is 5.80. The zero-order chi connectivity index (χ0) is 17.7. The smallest absolute Gasteiger partial charge is 0.293 e. The number of rotatable bonds is 1. The van der Waals surface area contributed by atoms with Crippen molar-refractivity contribution in [3.05, 3.63) is 58.5 Å². The van der Waals surface area contributed by atoms with E-state index in [4.69, 9.17) is 0 Å². The molecule has 3 rings (SSSR count). The van der Waals surface area contributed by atoms with Crippen LogP contribution in [0.15, 0.2) is 47.3 Å². The van der Waals surface area contributed by atoms with Gasteiger partial charge < -0.3 is 0 Å². The Hall–Kier alpha value is -2.03. The molecular formula is C15H7BrF6N2. The molecule has 0 bridgehead atoms. The maximum absolute atomic E-state index is 12.8. The molecule has 0 saturated carbocycles. The van der Waals surface area contributed by atoms with Crippen molar-refractivity contribution in [3.63, 3.8) is 0 Å². The van der Waals surface area contributed by atoms with Crippen LogP contribution in [-0.2, 0) is 12.4 Å². The highest BCUT2D eigenvalue weighted by Crippen LogP contribution is 2.35. The summed E-state index contributed by atoms with van der Waals surface area (Å²) in [5, 5.41) is 0. The van der Waals surface area contributed by atoms with Gasteiger partial charge in [0.1, 0.15) is 0 Å². The molecule has 0 unspecified atom stereocenters. The average Bonchev–Trinajstić information content (AvgIpc) is 2.82. The Bertz CT molecular complexity index is 893. The molecule has 3 aromatic rings. The van der Waals surface area contributed by atoms with Crippen molar-refractivity contribution in [1.29, 1.82) is 0 Å². The summed E-state index contributed by atoms with van der Waals surface area (Å²) in [5.41, 5.74) is -0.676. The highest BCUT2D eigenvalue weighted by Gasteiger charge is 2.32. The molecule has 2 aromatic heterocycles. The van der Waals surface area contributed by atoms with Gasteiger partial charge in [0.05, 0.1) is 22.3 Å². The molecule has 0 N–H and O–H groups in total. The Balaban J connectivity index is 2.11. The van der Waals surface area contributed by atoms with Crippen LogP contribution in [-0.4, -0.2) is 9.38 Å². The first-order chi connectivity index (χ1) is 11.1. The van der Waals surface area contributed by atoms with Crippen molar-refractivity contribution in [2.45, 2.75) is 12.4 Å². The SMILES string of the molecule is FC(F)(F)c1ccc(-c2nc(Br)n3cc(C(F)(F)F)ccc23)cc1. The molecular weight excluding hydrogens is 402 g/mol. The summed E-state index contributed by atoms with van der Waals surface area (Å²) < 4.78 is 77.5. The quantitative estimate of drug-likeness (QED) is 0.465. The standard InChI is InChI=1S/C15H7BrF6N2/c16-13-23-12(8-1-3-9(4-2-8)14(17,18)19)11-6-5-10(7-24(11)13)15(20,21)22/h1-7H. The summed E-state index contributed by atoms with van der Waals surface area (Å²) in [7, 11) is 0. The van der Waals surface area contributed by atoms with E-state index in [1.165, 1.54) is 22.6 Å². The zero-order valence-electron chi connectivity index (χ0n) is 11.6. The molecule has 126 valence electrons. The Labute approximate surface area is 139 Å². The molecule has 0 spiro atoms. The highest BCUT2D eigenvalue weighted by molar-refractivity contribution is 9.10. The average molecular weight is 409 g/mol. The largest absolute Gasteiger partial charge is 0.417 e. The minimum Gasteiger partial charge on any atom is -0.293 e. The second-order valence-corrected chi connectivity index (χ2v) is 5.68. The lowest BCUT2D eigenvalue weighted by Crippen LogP contribution is -2.06. The molecule has 24 heavy (non-hydrogen) atoms. The number of benzene rings is 1. The number of fused-ring (bicyclic) bond motifs is 1. The summed E-state index contributed by atoms with van der Waals surface area (Å²) in [4.78, 5) is 4.11. The molecule has 0 aliphatic rings. The van der Waals surface area contributed by atoms with E-state index in [9.17, 15) is 26.3 Å². The lowest BCUT2D eigenvalue weighted by molar-refractivity contribution is -0.138. The third-order valence-corrected chi connectivity index (χ3v) is 3.97. The molecule has 0 amide bonds. The first-order valence-electron chi connectivity index (χ1n) is 6.50. The molecule has 2 heterocycles. The number of alkyl halides is 6. The zero-order valence-corrected chi connectivity index (χ0v) is 13.2. The second-order valence-electron chi connectivity index (χ2n) is 4.98. The van der Waals surface area contributed by atoms with Gasteiger partial charge in [0.25, 0.3) is 0 Å². The van der Waals surface area contributed by atoms with Crippen molar-refractivity contribution >= 4 is 21.4 Å². The van der Waals surface area contributed by atoms with Crippen LogP contribution in [0.25, 0.3) is 16.8 Å². The predicted molar refractivity (Wildman–Crippen MR) is 78.3 cm³/mol. The fourth-order valence-electron chi connectivity index (χ4n) is 2.25. The van der Waals surface area contributed by atoms with E-state index >= 15 is 0 Å². The van der Waals surface area contributed by atoms with E-state index in [0.29, 0.717) is 11.1 Å². The first kappa shape index (κ1) is 16.8. The number of hydrogen-bond donors (Lipinski definition) is 0. The van der Waals surface area contributed by atoms with Crippen LogP contribution >= 0.6 is 15.9 Å². The summed E-state index contributed by atoms with van der Waals surface area (Å²) in [6, 6.07) is 6.39. The Morgan fingerprint density at radius 3 is 1.88 bits per heavy atom. The molecule has 9 heteroatoms. The van der Waals surface area contributed by atoms with Crippen molar-refractivity contribution in [1.82, 2.24) is 9.38 Å². The lowest BCUT2D eigenvalue weighted by atomic mass is 10.1. The van der Waals surface area contributed by atoms with E-state index < -0.39 is 23.5 Å². The van der Waals surface area contributed by atoms with E-state index in [0.717, 1.165) is 24.4 Å². The maximum atomic E-state index is 12.8. The summed E-state index contributed by atoms with van der Waals surface area (Å²) in [5.74, 6) is 0. The van der Waals surface area contributed by atoms with Gasteiger partial charge in [0.15, 0.2) is 4.73 Å². The van der Waals surface area contributed by atoms with Crippen molar-refractivity contribution in [2.75, 3.05) is 0 Å². The summed E-state index contributed by atoms with van der Waals surface area (Å²) >= 11 is 3.07. The van der Waals surface area contributed by atoms with Gasteiger partial charge >= 0.3 is 12.4 Å². The molecule has 0 radical (unpaired) electrons. The summed E-state index contributed by atoms with van der Waals surface area (Å²) in [6.07, 6.45) is -8.09. The van der Waals surface area contributed by atoms with Gasteiger partial charge in [-0.1, -0.05) is 12.1 Å². The van der Waals surface area contributed by atoms with Crippen LogP contribution in [0, 0.1) is 0 Å². The maximum Gasteiger partial charge on any atom is 0.417 e. The van der Waals surface area contributed by atoms with Gasteiger partial charge in [-0.3, -0.25) is 4.40 Å². The Morgan fingerprint density at radius 1 is 0.792 bits per heavy atom. The Kier molecular flexibility index (Phi) is 3.86. The van der Waals surface area contributed by atoms with Crippen molar-refractivity contribution in [3.8, 4) is 11.3 Å². The molecule has 0 atom stereocenters. The van der Waals surface area contributed by atoms with Crippen LogP contribution in [0.1, 0.15) is 11.1 Å². The van der Waals surface area contributed by atoms with Gasteiger partial charge in [-0.15, -0.1) is 0 Å². The topological polar surface area (TPSA) is 17.3 Å². The van der Waals surface area contributed by atoms with Gasteiger partial charge in [-0.25, -0.2) is 4.98 Å². The Morgan fingerprint density at radius 2 is 1.33 bits per heavy atom. The van der Waals surface area contributed by atoms with Crippen LogP contribution in [0.5, 0.6) is 0 Å². The van der Waals surface area contributed by atoms with Gasteiger partial charge in [-0.2, -0.15) is 26.3 Å². The second kappa shape index (κ2) is 5.51. The van der Waals surface area contributed by atoms with Gasteiger partial charge in [0, 0.05) is 11.8 Å². The van der Waals surface area contributed by atoms with Gasteiger partial charge in [-0.05, 0) is 40.2 Å². The van der Waals surface area contributed by atoms with Crippen molar-refractivity contribution in [2.24, 2.45) is 0 Å². The number of nitrogens with zero attached hydrogens (tertiary/aromatic N) is 2. The molecule has 0 saturated heterocycles. The van der Waals surface area contributed by atoms with Crippen LogP contribution in [0.4, 0.5) is 26.3 Å². The molecule has 1 aromatic carbocycles. The molecule has 2 nitrogen and oxygen atoms in total. The van der Waals surface area contributed by atoms with Crippen LogP contribution in [0.3, 0.4) is 0 Å².